The first-order chi connectivity index (χ1) is 6.70. The van der Waals surface area contributed by atoms with E-state index in [2.05, 4.69) is 9.68 Å². The van der Waals surface area contributed by atoms with Gasteiger partial charge < -0.3 is 9.93 Å². The monoisotopic (exact) mass is 208 g/mol. The van der Waals surface area contributed by atoms with E-state index in [-0.39, 0.29) is 5.71 Å². The second-order valence-electron chi connectivity index (χ2n) is 2.84. The molecule has 0 aromatic carbocycles. The first kappa shape index (κ1) is 8.96. The molecule has 0 fully saturated rings. The molecule has 0 saturated carbocycles. The van der Waals surface area contributed by atoms with Crippen molar-refractivity contribution in [1.82, 2.24) is 5.16 Å². The van der Waals surface area contributed by atoms with Crippen LogP contribution < -0.4 is 5.63 Å². The number of nitrogens with one attached hydrogen (secondary N) is 2. The molecule has 0 bridgehead atoms. The third-order valence-corrected chi connectivity index (χ3v) is 2.73. The van der Waals surface area contributed by atoms with E-state index in [0.717, 1.165) is 4.88 Å². The molecule has 0 amide bonds. The Labute approximate surface area is 83.7 Å². The summed E-state index contributed by atoms with van der Waals surface area (Å²) in [5.41, 5.74) is 0.634. The second-order valence-corrected chi connectivity index (χ2v) is 3.79. The van der Waals surface area contributed by atoms with Gasteiger partial charge in [0.15, 0.2) is 0 Å². The van der Waals surface area contributed by atoms with E-state index in [1.165, 1.54) is 11.3 Å². The van der Waals surface area contributed by atoms with Gasteiger partial charge in [0.2, 0.25) is 0 Å². The fourth-order valence-corrected chi connectivity index (χ4v) is 1.96. The Morgan fingerprint density at radius 2 is 2.43 bits per heavy atom. The minimum absolute atomic E-state index is 0.211. The van der Waals surface area contributed by atoms with E-state index in [0.29, 0.717) is 11.3 Å². The Kier molecular flexibility index (Phi) is 2.09. The van der Waals surface area contributed by atoms with Crippen molar-refractivity contribution in [1.29, 1.82) is 5.41 Å². The van der Waals surface area contributed by atoms with Crippen molar-refractivity contribution in [2.45, 2.75) is 6.92 Å². The van der Waals surface area contributed by atoms with Crippen LogP contribution >= 0.6 is 11.3 Å². The lowest BCUT2D eigenvalue weighted by Gasteiger charge is -1.94. The lowest BCUT2D eigenvalue weighted by atomic mass is 10.1. The second kappa shape index (κ2) is 3.26. The molecule has 72 valence electrons. The lowest BCUT2D eigenvalue weighted by molar-refractivity contribution is 0.393. The summed E-state index contributed by atoms with van der Waals surface area (Å²) < 4.78 is 4.67. The summed E-state index contributed by atoms with van der Waals surface area (Å²) in [5.74, 6) is 0. The van der Waals surface area contributed by atoms with Gasteiger partial charge >= 0.3 is 5.63 Å². The Balaban J connectivity index is 2.66. The van der Waals surface area contributed by atoms with E-state index in [4.69, 9.17) is 5.41 Å². The summed E-state index contributed by atoms with van der Waals surface area (Å²) in [7, 11) is 0. The van der Waals surface area contributed by atoms with Gasteiger partial charge in [-0.2, -0.15) is 0 Å². The van der Waals surface area contributed by atoms with Gasteiger partial charge in [0.25, 0.3) is 0 Å². The first-order valence-corrected chi connectivity index (χ1v) is 4.89. The van der Waals surface area contributed by atoms with E-state index in [1.807, 2.05) is 17.5 Å². The van der Waals surface area contributed by atoms with Gasteiger partial charge in [0, 0.05) is 5.71 Å². The highest BCUT2D eigenvalue weighted by Crippen LogP contribution is 2.24. The highest BCUT2D eigenvalue weighted by Gasteiger charge is 2.15. The molecule has 14 heavy (non-hydrogen) atoms. The molecule has 2 heterocycles. The standard InChI is InChI=1S/C9H8N2O2S/c1-5(10)7-8(11-13-9(7)12)6-3-2-4-14-6/h2-4,10-11H,1H3. The normalized spacial score (nSPS) is 10.4. The van der Waals surface area contributed by atoms with Gasteiger partial charge in [0.1, 0.15) is 11.3 Å². The molecule has 0 saturated heterocycles. The van der Waals surface area contributed by atoms with Gasteiger partial charge in [-0.05, 0) is 18.4 Å². The molecule has 2 N–H and O–H groups in total. The first-order valence-electron chi connectivity index (χ1n) is 4.01. The predicted molar refractivity (Wildman–Crippen MR) is 55.1 cm³/mol. The van der Waals surface area contributed by atoms with Crippen LogP contribution in [0.5, 0.6) is 0 Å². The number of hydrogen-bond donors (Lipinski definition) is 2. The third kappa shape index (κ3) is 1.31. The van der Waals surface area contributed by atoms with Crippen LogP contribution in [0.1, 0.15) is 12.5 Å². The zero-order valence-corrected chi connectivity index (χ0v) is 8.27. The highest BCUT2D eigenvalue weighted by molar-refractivity contribution is 7.13. The van der Waals surface area contributed by atoms with Gasteiger partial charge in [-0.15, -0.1) is 11.3 Å². The average molecular weight is 208 g/mol. The fourth-order valence-electron chi connectivity index (χ4n) is 1.24. The summed E-state index contributed by atoms with van der Waals surface area (Å²) in [5, 5.41) is 11.9. The van der Waals surface area contributed by atoms with E-state index < -0.39 is 5.63 Å². The van der Waals surface area contributed by atoms with Crippen molar-refractivity contribution < 1.29 is 4.52 Å². The zero-order chi connectivity index (χ0) is 10.1. The Bertz CT molecular complexity index is 507. The average Bonchev–Trinajstić information content (AvgIpc) is 2.70. The number of H-pyrrole nitrogens is 1. The van der Waals surface area contributed by atoms with Crippen LogP contribution in [0.15, 0.2) is 26.8 Å². The molecule has 0 unspecified atom stereocenters. The Morgan fingerprint density at radius 1 is 1.64 bits per heavy atom. The van der Waals surface area contributed by atoms with Crippen LogP contribution in [0.2, 0.25) is 0 Å². The lowest BCUT2D eigenvalue weighted by Crippen LogP contribution is -2.07. The predicted octanol–water partition coefficient (Wildman–Crippen LogP) is 2.08. The van der Waals surface area contributed by atoms with E-state index >= 15 is 0 Å². The van der Waals surface area contributed by atoms with Crippen LogP contribution in [-0.4, -0.2) is 10.9 Å². The molecule has 0 aliphatic rings. The molecule has 0 spiro atoms. The smallest absolute Gasteiger partial charge is 0.338 e. The van der Waals surface area contributed by atoms with Crippen LogP contribution in [0.4, 0.5) is 0 Å². The Hall–Kier alpha value is -1.62. The van der Waals surface area contributed by atoms with E-state index in [9.17, 15) is 4.79 Å². The quantitative estimate of drug-likeness (QED) is 0.742. The number of aromatic nitrogens is 1. The van der Waals surface area contributed by atoms with Crippen LogP contribution in [0.3, 0.4) is 0 Å². The largest absolute Gasteiger partial charge is 0.366 e. The van der Waals surface area contributed by atoms with Crippen molar-refractivity contribution in [3.05, 3.63) is 33.5 Å². The highest BCUT2D eigenvalue weighted by atomic mass is 32.1. The molecule has 0 radical (unpaired) electrons. The van der Waals surface area contributed by atoms with Crippen molar-refractivity contribution in [2.75, 3.05) is 0 Å². The third-order valence-electron chi connectivity index (χ3n) is 1.84. The number of hydrogen-bond acceptors (Lipinski definition) is 4. The molecule has 0 aliphatic carbocycles. The maximum absolute atomic E-state index is 11.2. The maximum atomic E-state index is 11.2. The summed E-state index contributed by atoms with van der Waals surface area (Å²) in [4.78, 5) is 12.1. The van der Waals surface area contributed by atoms with Crippen LogP contribution in [-0.2, 0) is 0 Å². The van der Waals surface area contributed by atoms with Gasteiger partial charge in [-0.25, -0.2) is 9.95 Å². The zero-order valence-electron chi connectivity index (χ0n) is 7.46. The number of thiophene rings is 1. The summed E-state index contributed by atoms with van der Waals surface area (Å²) in [6.07, 6.45) is 0. The molecule has 0 aliphatic heterocycles. The molecular formula is C9H8N2O2S. The van der Waals surface area contributed by atoms with Gasteiger partial charge in [-0.3, -0.25) is 0 Å². The van der Waals surface area contributed by atoms with Crippen LogP contribution in [0.25, 0.3) is 10.6 Å². The van der Waals surface area contributed by atoms with Gasteiger partial charge in [-0.1, -0.05) is 6.07 Å². The molecule has 4 nitrogen and oxygen atoms in total. The van der Waals surface area contributed by atoms with Gasteiger partial charge in [0.05, 0.1) is 4.88 Å². The SMILES string of the molecule is CC(=N)c1c(-c2cccs2)[nH]oc1=O. The van der Waals surface area contributed by atoms with Crippen molar-refractivity contribution in [3.63, 3.8) is 0 Å². The number of aromatic amines is 1. The molecule has 0 atom stereocenters. The van der Waals surface area contributed by atoms with E-state index in [1.54, 1.807) is 6.92 Å². The van der Waals surface area contributed by atoms with Crippen molar-refractivity contribution >= 4 is 17.0 Å². The fraction of sp³-hybridized carbons (Fsp3) is 0.111. The topological polar surface area (TPSA) is 69.8 Å². The maximum Gasteiger partial charge on any atom is 0.366 e. The van der Waals surface area contributed by atoms with Crippen molar-refractivity contribution in [3.8, 4) is 10.6 Å². The van der Waals surface area contributed by atoms with Crippen LogP contribution in [0, 0.1) is 5.41 Å². The Morgan fingerprint density at radius 3 is 3.00 bits per heavy atom. The molecule has 2 aromatic heterocycles. The summed E-state index contributed by atoms with van der Waals surface area (Å²) in [6.45, 7) is 1.57. The number of rotatable bonds is 2. The molecule has 2 aromatic rings. The summed E-state index contributed by atoms with van der Waals surface area (Å²) >= 11 is 1.49. The van der Waals surface area contributed by atoms with Crippen molar-refractivity contribution in [2.24, 2.45) is 0 Å². The molecular weight excluding hydrogens is 200 g/mol. The minimum Gasteiger partial charge on any atom is -0.338 e. The minimum atomic E-state index is -0.485. The summed E-state index contributed by atoms with van der Waals surface area (Å²) in [6, 6.07) is 3.76. The molecule has 5 heteroatoms. The molecule has 2 rings (SSSR count).